The second-order valence-corrected chi connectivity index (χ2v) is 8.80. The van der Waals surface area contributed by atoms with Gasteiger partial charge in [0, 0.05) is 31.8 Å². The van der Waals surface area contributed by atoms with E-state index in [1.54, 1.807) is 17.0 Å². The van der Waals surface area contributed by atoms with Gasteiger partial charge in [0.2, 0.25) is 10.0 Å². The molecule has 1 aliphatic rings. The monoisotopic (exact) mass is 433 g/mol. The average Bonchev–Trinajstić information content (AvgIpc) is 2.77. The summed E-state index contributed by atoms with van der Waals surface area (Å²) in [6.45, 7) is 1.24. The van der Waals surface area contributed by atoms with E-state index in [9.17, 15) is 23.3 Å². The van der Waals surface area contributed by atoms with E-state index in [-0.39, 0.29) is 35.6 Å². The highest BCUT2D eigenvalue weighted by Crippen LogP contribution is 2.20. The number of piperidine rings is 1. The zero-order chi connectivity index (χ0) is 21.6. The molecule has 1 heterocycles. The third-order valence-corrected chi connectivity index (χ3v) is 6.39. The number of carbonyl (C=O) groups is 1. The van der Waals surface area contributed by atoms with Gasteiger partial charge in [-0.15, -0.1) is 0 Å². The Morgan fingerprint density at radius 3 is 2.50 bits per heavy atom. The van der Waals surface area contributed by atoms with Gasteiger partial charge in [0.25, 0.3) is 11.6 Å². The Kier molecular flexibility index (Phi) is 7.01. The lowest BCUT2D eigenvalue weighted by molar-refractivity contribution is -0.385. The SMILES string of the molecule is O=C(COc1ccccc1)N1CCC(CNS(=O)(=O)c2cccc([N+](=O)[O-])c2)CC1. The number of hydrogen-bond donors (Lipinski definition) is 1. The number of sulfonamides is 1. The van der Waals surface area contributed by atoms with Gasteiger partial charge < -0.3 is 9.64 Å². The van der Waals surface area contributed by atoms with E-state index in [0.717, 1.165) is 6.07 Å². The number of hydrogen-bond acceptors (Lipinski definition) is 6. The smallest absolute Gasteiger partial charge is 0.270 e. The van der Waals surface area contributed by atoms with Crippen LogP contribution in [0.2, 0.25) is 0 Å². The number of ether oxygens (including phenoxy) is 1. The van der Waals surface area contributed by atoms with Crippen LogP contribution in [-0.4, -0.2) is 50.4 Å². The zero-order valence-electron chi connectivity index (χ0n) is 16.3. The molecule has 0 bridgehead atoms. The van der Waals surface area contributed by atoms with Crippen LogP contribution in [-0.2, 0) is 14.8 Å². The Bertz CT molecular complexity index is 989. The maximum Gasteiger partial charge on any atom is 0.270 e. The number of para-hydroxylation sites is 1. The minimum Gasteiger partial charge on any atom is -0.484 e. The van der Waals surface area contributed by atoms with Crippen LogP contribution in [0, 0.1) is 16.0 Å². The molecule has 1 amide bonds. The molecule has 1 saturated heterocycles. The fourth-order valence-corrected chi connectivity index (χ4v) is 4.37. The van der Waals surface area contributed by atoms with Gasteiger partial charge in [0.15, 0.2) is 6.61 Å². The lowest BCUT2D eigenvalue weighted by Crippen LogP contribution is -2.43. The zero-order valence-corrected chi connectivity index (χ0v) is 17.1. The van der Waals surface area contributed by atoms with Crippen molar-refractivity contribution in [2.24, 2.45) is 5.92 Å². The molecule has 1 fully saturated rings. The lowest BCUT2D eigenvalue weighted by atomic mass is 9.97. The molecule has 0 aromatic heterocycles. The van der Waals surface area contributed by atoms with Crippen LogP contribution >= 0.6 is 0 Å². The van der Waals surface area contributed by atoms with E-state index in [4.69, 9.17) is 4.74 Å². The first kappa shape index (κ1) is 21.7. The van der Waals surface area contributed by atoms with E-state index < -0.39 is 14.9 Å². The van der Waals surface area contributed by atoms with Crippen LogP contribution in [0.1, 0.15) is 12.8 Å². The molecule has 9 nitrogen and oxygen atoms in total. The van der Waals surface area contributed by atoms with Crippen molar-refractivity contribution in [2.75, 3.05) is 26.2 Å². The van der Waals surface area contributed by atoms with Crippen molar-refractivity contribution in [1.29, 1.82) is 0 Å². The number of nitrogens with one attached hydrogen (secondary N) is 1. The van der Waals surface area contributed by atoms with Gasteiger partial charge >= 0.3 is 0 Å². The van der Waals surface area contributed by atoms with Crippen molar-refractivity contribution in [1.82, 2.24) is 9.62 Å². The van der Waals surface area contributed by atoms with Crippen LogP contribution in [0.5, 0.6) is 5.75 Å². The highest BCUT2D eigenvalue weighted by atomic mass is 32.2. The minimum absolute atomic E-state index is 0.0336. The van der Waals surface area contributed by atoms with E-state index in [2.05, 4.69) is 4.72 Å². The number of non-ortho nitro benzene ring substituents is 1. The first-order valence-electron chi connectivity index (χ1n) is 9.55. The van der Waals surface area contributed by atoms with E-state index in [1.165, 1.54) is 18.2 Å². The van der Waals surface area contributed by atoms with Crippen molar-refractivity contribution in [2.45, 2.75) is 17.7 Å². The normalized spacial score (nSPS) is 15.0. The highest BCUT2D eigenvalue weighted by Gasteiger charge is 2.25. The molecule has 2 aromatic rings. The van der Waals surface area contributed by atoms with Crippen LogP contribution in [0.25, 0.3) is 0 Å². The maximum atomic E-state index is 12.4. The van der Waals surface area contributed by atoms with Gasteiger partial charge in [-0.25, -0.2) is 13.1 Å². The van der Waals surface area contributed by atoms with Crippen molar-refractivity contribution < 1.29 is 22.9 Å². The standard InChI is InChI=1S/C20H23N3O6S/c24-20(15-29-18-6-2-1-3-7-18)22-11-9-16(10-12-22)14-21-30(27,28)19-8-4-5-17(13-19)23(25)26/h1-8,13,16,21H,9-12,14-15H2. The van der Waals surface area contributed by atoms with Crippen LogP contribution in [0.4, 0.5) is 5.69 Å². The van der Waals surface area contributed by atoms with Gasteiger partial charge in [0.1, 0.15) is 5.75 Å². The van der Waals surface area contributed by atoms with Crippen molar-refractivity contribution in [3.05, 3.63) is 64.7 Å². The third-order valence-electron chi connectivity index (χ3n) is 4.97. The number of amides is 1. The van der Waals surface area contributed by atoms with Gasteiger partial charge in [-0.3, -0.25) is 14.9 Å². The molecular weight excluding hydrogens is 410 g/mol. The molecule has 3 rings (SSSR count). The maximum absolute atomic E-state index is 12.4. The molecule has 1 N–H and O–H groups in total. The fraction of sp³-hybridized carbons (Fsp3) is 0.350. The minimum atomic E-state index is -3.84. The molecular formula is C20H23N3O6S. The van der Waals surface area contributed by atoms with Crippen LogP contribution < -0.4 is 9.46 Å². The van der Waals surface area contributed by atoms with Gasteiger partial charge in [-0.05, 0) is 37.0 Å². The molecule has 1 aliphatic heterocycles. The molecule has 160 valence electrons. The number of nitro groups is 1. The Morgan fingerprint density at radius 1 is 1.13 bits per heavy atom. The summed E-state index contributed by atoms with van der Waals surface area (Å²) in [4.78, 5) is 24.1. The Balaban J connectivity index is 1.46. The number of nitrogens with zero attached hydrogens (tertiary/aromatic N) is 2. The topological polar surface area (TPSA) is 119 Å². The van der Waals surface area contributed by atoms with E-state index in [1.807, 2.05) is 18.2 Å². The molecule has 0 atom stereocenters. The van der Waals surface area contributed by atoms with Crippen molar-refractivity contribution in [3.63, 3.8) is 0 Å². The summed E-state index contributed by atoms with van der Waals surface area (Å²) < 4.78 is 32.9. The lowest BCUT2D eigenvalue weighted by Gasteiger charge is -2.32. The fourth-order valence-electron chi connectivity index (χ4n) is 3.21. The summed E-state index contributed by atoms with van der Waals surface area (Å²) in [5.74, 6) is 0.614. The molecule has 30 heavy (non-hydrogen) atoms. The summed E-state index contributed by atoms with van der Waals surface area (Å²) in [5.41, 5.74) is -0.276. The molecule has 0 unspecified atom stereocenters. The number of nitro benzene ring substituents is 1. The molecule has 10 heteroatoms. The first-order valence-corrected chi connectivity index (χ1v) is 11.0. The number of carbonyl (C=O) groups excluding carboxylic acids is 1. The Morgan fingerprint density at radius 2 is 1.83 bits per heavy atom. The number of benzene rings is 2. The highest BCUT2D eigenvalue weighted by molar-refractivity contribution is 7.89. The summed E-state index contributed by atoms with van der Waals surface area (Å²) >= 11 is 0. The van der Waals surface area contributed by atoms with Crippen LogP contribution in [0.3, 0.4) is 0 Å². The largest absolute Gasteiger partial charge is 0.484 e. The number of rotatable bonds is 8. The molecule has 0 saturated carbocycles. The molecule has 0 spiro atoms. The van der Waals surface area contributed by atoms with E-state index in [0.29, 0.717) is 31.7 Å². The summed E-state index contributed by atoms with van der Waals surface area (Å²) in [6, 6.07) is 14.0. The Hall–Kier alpha value is -2.98. The van der Waals surface area contributed by atoms with Crippen molar-refractivity contribution in [3.8, 4) is 5.75 Å². The second-order valence-electron chi connectivity index (χ2n) is 7.03. The van der Waals surface area contributed by atoms with Gasteiger partial charge in [-0.2, -0.15) is 0 Å². The average molecular weight is 433 g/mol. The summed E-state index contributed by atoms with van der Waals surface area (Å²) in [7, 11) is -3.84. The predicted molar refractivity (Wildman–Crippen MR) is 110 cm³/mol. The molecule has 2 aromatic carbocycles. The van der Waals surface area contributed by atoms with Crippen molar-refractivity contribution >= 4 is 21.6 Å². The third kappa shape index (κ3) is 5.77. The van der Waals surface area contributed by atoms with Gasteiger partial charge in [-0.1, -0.05) is 24.3 Å². The van der Waals surface area contributed by atoms with Gasteiger partial charge in [0.05, 0.1) is 9.82 Å². The number of likely N-dealkylation sites (tertiary alicyclic amines) is 1. The molecule has 0 radical (unpaired) electrons. The molecule has 0 aliphatic carbocycles. The second kappa shape index (κ2) is 9.68. The summed E-state index contributed by atoms with van der Waals surface area (Å²) in [5, 5.41) is 10.8. The predicted octanol–water partition coefficient (Wildman–Crippen LogP) is 2.19. The Labute approximate surface area is 174 Å². The van der Waals surface area contributed by atoms with E-state index >= 15 is 0 Å². The van der Waals surface area contributed by atoms with Crippen LogP contribution in [0.15, 0.2) is 59.5 Å². The summed E-state index contributed by atoms with van der Waals surface area (Å²) in [6.07, 6.45) is 1.32. The first-order chi connectivity index (χ1) is 14.3. The quantitative estimate of drug-likeness (QED) is 0.503.